The van der Waals surface area contributed by atoms with Gasteiger partial charge in [-0.05, 0) is 50.3 Å². The Morgan fingerprint density at radius 3 is 2.22 bits per heavy atom. The minimum absolute atomic E-state index is 0.475. The fourth-order valence-corrected chi connectivity index (χ4v) is 2.72. The van der Waals surface area contributed by atoms with E-state index >= 15 is 0 Å². The fraction of sp³-hybridized carbons (Fsp3) is 0.350. The van der Waals surface area contributed by atoms with Gasteiger partial charge in [0.1, 0.15) is 5.75 Å². The van der Waals surface area contributed by atoms with Gasteiger partial charge in [-0.1, -0.05) is 48.0 Å². The van der Waals surface area contributed by atoms with Gasteiger partial charge in [0.2, 0.25) is 0 Å². The number of aliphatic carboxylic acids is 1. The van der Waals surface area contributed by atoms with E-state index in [9.17, 15) is 9.90 Å². The summed E-state index contributed by atoms with van der Waals surface area (Å²) in [6.45, 7) is 6.57. The number of hydrogen-bond donors (Lipinski definition) is 1. The zero-order valence-corrected chi connectivity index (χ0v) is 14.0. The molecule has 0 amide bonds. The third-order valence-electron chi connectivity index (χ3n) is 4.07. The van der Waals surface area contributed by atoms with Gasteiger partial charge in [-0.25, -0.2) is 0 Å². The van der Waals surface area contributed by atoms with Gasteiger partial charge in [-0.3, -0.25) is 4.79 Å². The highest BCUT2D eigenvalue weighted by molar-refractivity contribution is 5.76. The average molecular weight is 312 g/mol. The summed E-state index contributed by atoms with van der Waals surface area (Å²) in [4.78, 5) is 11.5. The van der Waals surface area contributed by atoms with Gasteiger partial charge in [-0.15, -0.1) is 0 Å². The van der Waals surface area contributed by atoms with Crippen molar-refractivity contribution in [1.29, 1.82) is 0 Å². The summed E-state index contributed by atoms with van der Waals surface area (Å²) in [5, 5.41) is 9.46. The van der Waals surface area contributed by atoms with Gasteiger partial charge in [0.05, 0.1) is 12.5 Å². The minimum Gasteiger partial charge on any atom is -0.493 e. The van der Waals surface area contributed by atoms with E-state index in [1.54, 1.807) is 0 Å². The van der Waals surface area contributed by atoms with Crippen LogP contribution in [0.1, 0.15) is 41.0 Å². The molecular weight excluding hydrogens is 288 g/mol. The van der Waals surface area contributed by atoms with Crippen molar-refractivity contribution in [3.8, 4) is 5.75 Å². The van der Waals surface area contributed by atoms with Crippen molar-refractivity contribution in [2.24, 2.45) is 0 Å². The Bertz CT molecular complexity index is 639. The van der Waals surface area contributed by atoms with Gasteiger partial charge < -0.3 is 9.84 Å². The first-order valence-corrected chi connectivity index (χ1v) is 7.97. The minimum atomic E-state index is -0.777. The first-order valence-electron chi connectivity index (χ1n) is 7.97. The molecule has 0 bridgehead atoms. The topological polar surface area (TPSA) is 46.5 Å². The Kier molecular flexibility index (Phi) is 5.80. The molecule has 1 unspecified atom stereocenters. The maximum atomic E-state index is 11.5. The van der Waals surface area contributed by atoms with Crippen molar-refractivity contribution in [2.75, 3.05) is 6.61 Å². The number of aryl methyl sites for hydroxylation is 3. The van der Waals surface area contributed by atoms with Crippen LogP contribution in [0.3, 0.4) is 0 Å². The molecule has 2 aromatic carbocycles. The van der Waals surface area contributed by atoms with E-state index in [2.05, 4.69) is 0 Å². The SMILES string of the molecule is Cc1ccc(C(CCCOc2c(C)cccc2C)C(=O)O)cc1. The summed E-state index contributed by atoms with van der Waals surface area (Å²) in [7, 11) is 0. The average Bonchev–Trinajstić information content (AvgIpc) is 2.50. The number of carbonyl (C=O) groups is 1. The third kappa shape index (κ3) is 4.59. The Morgan fingerprint density at radius 2 is 1.65 bits per heavy atom. The van der Waals surface area contributed by atoms with E-state index in [0.717, 1.165) is 28.0 Å². The van der Waals surface area contributed by atoms with Crippen LogP contribution < -0.4 is 4.74 Å². The van der Waals surface area contributed by atoms with Crippen molar-refractivity contribution in [3.63, 3.8) is 0 Å². The van der Waals surface area contributed by atoms with E-state index in [1.165, 1.54) is 0 Å². The van der Waals surface area contributed by atoms with Gasteiger partial charge in [0, 0.05) is 0 Å². The molecule has 0 saturated heterocycles. The highest BCUT2D eigenvalue weighted by atomic mass is 16.5. The number of rotatable bonds is 7. The van der Waals surface area contributed by atoms with Crippen molar-refractivity contribution in [1.82, 2.24) is 0 Å². The van der Waals surface area contributed by atoms with Crippen LogP contribution in [0.4, 0.5) is 0 Å². The lowest BCUT2D eigenvalue weighted by molar-refractivity contribution is -0.139. The Labute approximate surface area is 137 Å². The van der Waals surface area contributed by atoms with E-state index in [1.807, 2.05) is 63.2 Å². The zero-order valence-electron chi connectivity index (χ0n) is 14.0. The number of hydrogen-bond acceptors (Lipinski definition) is 2. The molecule has 23 heavy (non-hydrogen) atoms. The van der Waals surface area contributed by atoms with Gasteiger partial charge in [-0.2, -0.15) is 0 Å². The van der Waals surface area contributed by atoms with E-state index in [0.29, 0.717) is 19.4 Å². The monoisotopic (exact) mass is 312 g/mol. The van der Waals surface area contributed by atoms with Crippen molar-refractivity contribution in [3.05, 3.63) is 64.7 Å². The highest BCUT2D eigenvalue weighted by Gasteiger charge is 2.19. The molecule has 0 heterocycles. The summed E-state index contributed by atoms with van der Waals surface area (Å²) >= 11 is 0. The number of para-hydroxylation sites is 1. The number of benzene rings is 2. The second-order valence-electron chi connectivity index (χ2n) is 6.01. The Morgan fingerprint density at radius 1 is 1.04 bits per heavy atom. The summed E-state index contributed by atoms with van der Waals surface area (Å²) < 4.78 is 5.86. The molecular formula is C20H24O3. The maximum Gasteiger partial charge on any atom is 0.310 e. The van der Waals surface area contributed by atoms with Crippen LogP contribution in [0.15, 0.2) is 42.5 Å². The van der Waals surface area contributed by atoms with Crippen LogP contribution in [-0.4, -0.2) is 17.7 Å². The third-order valence-corrected chi connectivity index (χ3v) is 4.07. The second kappa shape index (κ2) is 7.82. The second-order valence-corrected chi connectivity index (χ2v) is 6.01. The Balaban J connectivity index is 1.93. The predicted octanol–water partition coefficient (Wildman–Crippen LogP) is 4.64. The summed E-state index contributed by atoms with van der Waals surface area (Å²) in [5.41, 5.74) is 4.21. The fourth-order valence-electron chi connectivity index (χ4n) is 2.72. The number of ether oxygens (including phenoxy) is 1. The van der Waals surface area contributed by atoms with Crippen LogP contribution in [0, 0.1) is 20.8 Å². The summed E-state index contributed by atoms with van der Waals surface area (Å²) in [6, 6.07) is 13.8. The lowest BCUT2D eigenvalue weighted by Crippen LogP contribution is -2.13. The number of carboxylic acids is 1. The molecule has 2 aromatic rings. The van der Waals surface area contributed by atoms with Crippen molar-refractivity contribution < 1.29 is 14.6 Å². The molecule has 0 radical (unpaired) electrons. The molecule has 0 aliphatic rings. The lowest BCUT2D eigenvalue weighted by atomic mass is 9.94. The van der Waals surface area contributed by atoms with Crippen LogP contribution in [0.5, 0.6) is 5.75 Å². The van der Waals surface area contributed by atoms with E-state index in [4.69, 9.17) is 4.74 Å². The Hall–Kier alpha value is -2.29. The molecule has 3 heteroatoms. The predicted molar refractivity (Wildman–Crippen MR) is 92.2 cm³/mol. The largest absolute Gasteiger partial charge is 0.493 e. The molecule has 1 atom stereocenters. The summed E-state index contributed by atoms with van der Waals surface area (Å²) in [5.74, 6) is -0.340. The van der Waals surface area contributed by atoms with E-state index in [-0.39, 0.29) is 0 Å². The van der Waals surface area contributed by atoms with Crippen LogP contribution >= 0.6 is 0 Å². The van der Waals surface area contributed by atoms with Crippen molar-refractivity contribution in [2.45, 2.75) is 39.5 Å². The maximum absolute atomic E-state index is 11.5. The zero-order chi connectivity index (χ0) is 16.8. The highest BCUT2D eigenvalue weighted by Crippen LogP contribution is 2.25. The summed E-state index contributed by atoms with van der Waals surface area (Å²) in [6.07, 6.45) is 1.28. The standard InChI is InChI=1S/C20H24O3/c1-14-9-11-17(12-10-14)18(20(21)22)8-5-13-23-19-15(2)6-4-7-16(19)3/h4,6-7,9-12,18H,5,8,13H2,1-3H3,(H,21,22). The smallest absolute Gasteiger partial charge is 0.310 e. The van der Waals surface area contributed by atoms with Gasteiger partial charge >= 0.3 is 5.97 Å². The van der Waals surface area contributed by atoms with Gasteiger partial charge in [0.25, 0.3) is 0 Å². The molecule has 0 aromatic heterocycles. The van der Waals surface area contributed by atoms with Crippen LogP contribution in [-0.2, 0) is 4.79 Å². The first kappa shape index (κ1) is 17.1. The molecule has 2 rings (SSSR count). The number of carboxylic acid groups (broad SMARTS) is 1. The van der Waals surface area contributed by atoms with Crippen molar-refractivity contribution >= 4 is 5.97 Å². The molecule has 3 nitrogen and oxygen atoms in total. The van der Waals surface area contributed by atoms with Crippen LogP contribution in [0.25, 0.3) is 0 Å². The quantitative estimate of drug-likeness (QED) is 0.758. The molecule has 0 aliphatic heterocycles. The first-order chi connectivity index (χ1) is 11.0. The van der Waals surface area contributed by atoms with Gasteiger partial charge in [0.15, 0.2) is 0 Å². The normalized spacial score (nSPS) is 12.0. The molecule has 0 aliphatic carbocycles. The molecule has 0 saturated carbocycles. The molecule has 0 fully saturated rings. The molecule has 0 spiro atoms. The van der Waals surface area contributed by atoms with E-state index < -0.39 is 11.9 Å². The molecule has 122 valence electrons. The van der Waals surface area contributed by atoms with Crippen LogP contribution in [0.2, 0.25) is 0 Å². The molecule has 1 N–H and O–H groups in total. The lowest BCUT2D eigenvalue weighted by Gasteiger charge is -2.15.